The molecule has 0 aliphatic heterocycles. The fraction of sp³-hybridized carbons (Fsp3) is 0.148. The van der Waals surface area contributed by atoms with Crippen LogP contribution in [0.1, 0.15) is 25.1 Å². The normalized spacial score (nSPS) is 11.1. The number of carbonyl (C=O) groups is 1. The van der Waals surface area contributed by atoms with Crippen LogP contribution in [0.4, 0.5) is 0 Å². The number of nitrogens with two attached hydrogens (primary N) is 1. The van der Waals surface area contributed by atoms with Gasteiger partial charge in [-0.3, -0.25) is 4.79 Å². The lowest BCUT2D eigenvalue weighted by atomic mass is 9.94. The van der Waals surface area contributed by atoms with Crippen LogP contribution in [0.3, 0.4) is 0 Å². The molecule has 0 spiro atoms. The summed E-state index contributed by atoms with van der Waals surface area (Å²) >= 11 is 0. The van der Waals surface area contributed by atoms with Crippen molar-refractivity contribution in [1.82, 2.24) is 9.97 Å². The molecule has 32 heavy (non-hydrogen) atoms. The number of aliphatic carboxylic acids is 1. The largest absolute Gasteiger partial charge is 0.480 e. The van der Waals surface area contributed by atoms with Gasteiger partial charge in [-0.25, -0.2) is 9.97 Å². The molecule has 0 saturated heterocycles. The predicted molar refractivity (Wildman–Crippen MR) is 127 cm³/mol. The van der Waals surface area contributed by atoms with E-state index in [0.717, 1.165) is 38.9 Å². The average molecular weight is 422 g/mol. The van der Waals surface area contributed by atoms with Crippen LogP contribution in [0, 0.1) is 17.3 Å². The van der Waals surface area contributed by atoms with E-state index >= 15 is 0 Å². The SMILES string of the molecule is CC(C)(C#Cc1nccc2nc(-c3ccc(CN)cc3)c(-c3ccccc3)cc12)C(=O)O. The molecule has 0 atom stereocenters. The van der Waals surface area contributed by atoms with Crippen LogP contribution in [0.5, 0.6) is 0 Å². The maximum atomic E-state index is 11.4. The number of hydrogen-bond donors (Lipinski definition) is 2. The van der Waals surface area contributed by atoms with E-state index in [0.29, 0.717) is 12.2 Å². The number of carboxylic acids is 1. The van der Waals surface area contributed by atoms with Gasteiger partial charge in [0, 0.05) is 29.3 Å². The summed E-state index contributed by atoms with van der Waals surface area (Å²) in [4.78, 5) is 20.8. The minimum absolute atomic E-state index is 0.483. The second-order valence-corrected chi connectivity index (χ2v) is 8.06. The molecule has 5 heteroatoms. The molecule has 158 valence electrons. The van der Waals surface area contributed by atoms with Crippen LogP contribution >= 0.6 is 0 Å². The average Bonchev–Trinajstić information content (AvgIpc) is 2.82. The van der Waals surface area contributed by atoms with Gasteiger partial charge < -0.3 is 10.8 Å². The van der Waals surface area contributed by atoms with Gasteiger partial charge >= 0.3 is 5.97 Å². The molecule has 4 aromatic rings. The van der Waals surface area contributed by atoms with Crippen LogP contribution < -0.4 is 5.73 Å². The summed E-state index contributed by atoms with van der Waals surface area (Å²) in [5.74, 6) is 4.82. The van der Waals surface area contributed by atoms with E-state index in [1.54, 1.807) is 20.0 Å². The van der Waals surface area contributed by atoms with Gasteiger partial charge in [0.15, 0.2) is 0 Å². The van der Waals surface area contributed by atoms with Crippen molar-refractivity contribution in [3.05, 3.63) is 84.2 Å². The Hall–Kier alpha value is -4.01. The smallest absolute Gasteiger partial charge is 0.321 e. The number of aromatic nitrogens is 2. The third-order valence-corrected chi connectivity index (χ3v) is 5.32. The molecule has 2 aromatic carbocycles. The first kappa shape index (κ1) is 21.2. The van der Waals surface area contributed by atoms with Crippen LogP contribution in [-0.2, 0) is 11.3 Å². The van der Waals surface area contributed by atoms with E-state index < -0.39 is 11.4 Å². The lowest BCUT2D eigenvalue weighted by Gasteiger charge is -2.13. The van der Waals surface area contributed by atoms with Crippen molar-refractivity contribution in [2.24, 2.45) is 11.1 Å². The Balaban J connectivity index is 1.95. The van der Waals surface area contributed by atoms with Crippen LogP contribution in [0.15, 0.2) is 72.9 Å². The second-order valence-electron chi connectivity index (χ2n) is 8.06. The first-order chi connectivity index (χ1) is 15.4. The summed E-state index contributed by atoms with van der Waals surface area (Å²) < 4.78 is 0. The molecule has 0 amide bonds. The second kappa shape index (κ2) is 8.62. The number of rotatable bonds is 4. The van der Waals surface area contributed by atoms with Gasteiger partial charge in [0.25, 0.3) is 0 Å². The summed E-state index contributed by atoms with van der Waals surface area (Å²) in [7, 11) is 0. The summed E-state index contributed by atoms with van der Waals surface area (Å²) in [6.07, 6.45) is 1.65. The number of fused-ring (bicyclic) bond motifs is 1. The van der Waals surface area contributed by atoms with E-state index in [-0.39, 0.29) is 0 Å². The lowest BCUT2D eigenvalue weighted by molar-refractivity contribution is -0.143. The maximum Gasteiger partial charge on any atom is 0.321 e. The molecule has 4 rings (SSSR count). The zero-order valence-corrected chi connectivity index (χ0v) is 18.0. The monoisotopic (exact) mass is 421 g/mol. The molecule has 2 aromatic heterocycles. The standard InChI is InChI=1S/C27H23N3O2/c1-27(2,26(31)32)14-12-23-22-16-21(19-6-4-3-5-7-19)25(30-24(22)13-15-29-23)20-10-8-18(17-28)9-11-20/h3-11,13,15-16H,17,28H2,1-2H3,(H,31,32). The number of pyridine rings is 2. The Morgan fingerprint density at radius 2 is 1.75 bits per heavy atom. The van der Waals surface area contributed by atoms with Crippen molar-refractivity contribution in [2.45, 2.75) is 20.4 Å². The van der Waals surface area contributed by atoms with Gasteiger partial charge in [-0.2, -0.15) is 0 Å². The van der Waals surface area contributed by atoms with Crippen LogP contribution in [-0.4, -0.2) is 21.0 Å². The summed E-state index contributed by atoms with van der Waals surface area (Å²) in [5, 5.41) is 10.2. The zero-order chi connectivity index (χ0) is 22.7. The highest BCUT2D eigenvalue weighted by atomic mass is 16.4. The third-order valence-electron chi connectivity index (χ3n) is 5.32. The molecule has 2 heterocycles. The van der Waals surface area contributed by atoms with Crippen LogP contribution in [0.2, 0.25) is 0 Å². The highest BCUT2D eigenvalue weighted by Gasteiger charge is 2.24. The van der Waals surface area contributed by atoms with Crippen molar-refractivity contribution in [2.75, 3.05) is 0 Å². The van der Waals surface area contributed by atoms with Crippen molar-refractivity contribution in [3.63, 3.8) is 0 Å². The molecule has 0 fully saturated rings. The first-order valence-electron chi connectivity index (χ1n) is 10.3. The third kappa shape index (κ3) is 4.22. The molecule has 0 radical (unpaired) electrons. The van der Waals surface area contributed by atoms with Gasteiger partial charge in [-0.1, -0.05) is 60.5 Å². The molecule has 3 N–H and O–H groups in total. The molecular weight excluding hydrogens is 398 g/mol. The number of carboxylic acid groups (broad SMARTS) is 1. The first-order valence-corrected chi connectivity index (χ1v) is 10.3. The van der Waals surface area contributed by atoms with Crippen molar-refractivity contribution in [1.29, 1.82) is 0 Å². The molecule has 0 bridgehead atoms. The fourth-order valence-corrected chi connectivity index (χ4v) is 3.32. The van der Waals surface area contributed by atoms with E-state index in [1.165, 1.54) is 0 Å². The van der Waals surface area contributed by atoms with E-state index in [4.69, 9.17) is 10.7 Å². The van der Waals surface area contributed by atoms with E-state index in [9.17, 15) is 9.90 Å². The van der Waals surface area contributed by atoms with Crippen LogP contribution in [0.25, 0.3) is 33.3 Å². The van der Waals surface area contributed by atoms with Gasteiger partial charge in [0.1, 0.15) is 11.1 Å². The fourth-order valence-electron chi connectivity index (χ4n) is 3.32. The molecule has 0 aliphatic carbocycles. The van der Waals surface area contributed by atoms with E-state index in [1.807, 2.05) is 66.7 Å². The Morgan fingerprint density at radius 1 is 1.03 bits per heavy atom. The number of nitrogens with zero attached hydrogens (tertiary/aromatic N) is 2. The van der Waals surface area contributed by atoms with Gasteiger partial charge in [0.05, 0.1) is 11.2 Å². The van der Waals surface area contributed by atoms with Crippen molar-refractivity contribution >= 4 is 16.9 Å². The Morgan fingerprint density at radius 3 is 2.41 bits per heavy atom. The highest BCUT2D eigenvalue weighted by Crippen LogP contribution is 2.34. The lowest BCUT2D eigenvalue weighted by Crippen LogP contribution is -2.21. The Kier molecular flexibility index (Phi) is 5.72. The van der Waals surface area contributed by atoms with Crippen molar-refractivity contribution in [3.8, 4) is 34.2 Å². The van der Waals surface area contributed by atoms with E-state index in [2.05, 4.69) is 16.8 Å². The maximum absolute atomic E-state index is 11.4. The predicted octanol–water partition coefficient (Wildman–Crippen LogP) is 4.88. The van der Waals surface area contributed by atoms with Gasteiger partial charge in [-0.05, 0) is 43.0 Å². The quantitative estimate of drug-likeness (QED) is 0.458. The summed E-state index contributed by atoms with van der Waals surface area (Å²) in [6, 6.07) is 22.0. The molecule has 5 nitrogen and oxygen atoms in total. The van der Waals surface area contributed by atoms with Gasteiger partial charge in [-0.15, -0.1) is 0 Å². The highest BCUT2D eigenvalue weighted by molar-refractivity contribution is 5.94. The summed E-state index contributed by atoms with van der Waals surface area (Å²) in [5.41, 5.74) is 10.7. The minimum atomic E-state index is -1.18. The summed E-state index contributed by atoms with van der Waals surface area (Å²) in [6.45, 7) is 3.63. The Labute approximate surface area is 187 Å². The topological polar surface area (TPSA) is 89.1 Å². The number of benzene rings is 2. The minimum Gasteiger partial charge on any atom is -0.480 e. The zero-order valence-electron chi connectivity index (χ0n) is 18.0. The molecular formula is C27H23N3O2. The molecule has 0 unspecified atom stereocenters. The number of hydrogen-bond acceptors (Lipinski definition) is 4. The van der Waals surface area contributed by atoms with Gasteiger partial charge in [0.2, 0.25) is 0 Å². The molecule has 0 aliphatic rings. The Bertz CT molecular complexity index is 1350. The molecule has 0 saturated carbocycles. The van der Waals surface area contributed by atoms with Crippen molar-refractivity contribution < 1.29 is 9.90 Å².